The fourth-order valence-corrected chi connectivity index (χ4v) is 2.66. The predicted molar refractivity (Wildman–Crippen MR) is 94.2 cm³/mol. The molecule has 0 amide bonds. The smallest absolute Gasteiger partial charge is 0.152 e. The number of nitrogens with zero attached hydrogens (tertiary/aromatic N) is 1. The molecule has 124 valence electrons. The number of benzene rings is 2. The molecular weight excluding hydrogens is 316 g/mol. The largest absolute Gasteiger partial charge is 0.507 e. The number of aromatic nitrogens is 2. The first-order valence-electron chi connectivity index (χ1n) is 7.88. The highest BCUT2D eigenvalue weighted by molar-refractivity contribution is 5.82. The molecule has 0 saturated carbocycles. The summed E-state index contributed by atoms with van der Waals surface area (Å²) >= 11 is 0. The van der Waals surface area contributed by atoms with Crippen molar-refractivity contribution in [3.63, 3.8) is 0 Å². The third-order valence-corrected chi connectivity index (χ3v) is 3.91. The molecule has 0 saturated heterocycles. The van der Waals surface area contributed by atoms with Crippen molar-refractivity contribution in [3.05, 3.63) is 78.7 Å². The number of phenols is 1. The first kappa shape index (κ1) is 15.1. The number of nitrogens with one attached hydrogen (secondary N) is 1. The Morgan fingerprint density at radius 1 is 1.00 bits per heavy atom. The lowest BCUT2D eigenvalue weighted by atomic mass is 10.0. The minimum Gasteiger partial charge on any atom is -0.507 e. The van der Waals surface area contributed by atoms with Crippen LogP contribution in [0, 0.1) is 0 Å². The molecule has 0 atom stereocenters. The SMILES string of the molecule is Oc1ccc(OCc2ccccc2)cc1-c1cn[nH]c1-c1ccco1. The van der Waals surface area contributed by atoms with Gasteiger partial charge in [-0.15, -0.1) is 0 Å². The van der Waals surface area contributed by atoms with Crippen LogP contribution in [0.4, 0.5) is 0 Å². The summed E-state index contributed by atoms with van der Waals surface area (Å²) in [7, 11) is 0. The Morgan fingerprint density at radius 3 is 2.68 bits per heavy atom. The first-order chi connectivity index (χ1) is 12.3. The average Bonchev–Trinajstić information content (AvgIpc) is 3.33. The predicted octanol–water partition coefficient (Wildman–Crippen LogP) is 4.62. The molecule has 0 bridgehead atoms. The van der Waals surface area contributed by atoms with Crippen LogP contribution < -0.4 is 4.74 Å². The lowest BCUT2D eigenvalue weighted by Crippen LogP contribution is -1.95. The topological polar surface area (TPSA) is 71.3 Å². The lowest BCUT2D eigenvalue weighted by Gasteiger charge is -2.10. The van der Waals surface area contributed by atoms with E-state index in [0.29, 0.717) is 29.4 Å². The monoisotopic (exact) mass is 332 g/mol. The number of H-pyrrole nitrogens is 1. The highest BCUT2D eigenvalue weighted by atomic mass is 16.5. The van der Waals surface area contributed by atoms with Crippen LogP contribution in [0.15, 0.2) is 77.5 Å². The van der Waals surface area contributed by atoms with Crippen molar-refractivity contribution in [2.24, 2.45) is 0 Å². The Bertz CT molecular complexity index is 960. The van der Waals surface area contributed by atoms with Gasteiger partial charge in [-0.1, -0.05) is 30.3 Å². The van der Waals surface area contributed by atoms with Gasteiger partial charge in [-0.3, -0.25) is 5.10 Å². The molecule has 0 aliphatic rings. The van der Waals surface area contributed by atoms with E-state index in [2.05, 4.69) is 10.2 Å². The van der Waals surface area contributed by atoms with E-state index in [0.717, 1.165) is 11.1 Å². The van der Waals surface area contributed by atoms with Crippen molar-refractivity contribution in [1.82, 2.24) is 10.2 Å². The third-order valence-electron chi connectivity index (χ3n) is 3.91. The number of hydrogen-bond acceptors (Lipinski definition) is 4. The van der Waals surface area contributed by atoms with Crippen molar-refractivity contribution < 1.29 is 14.3 Å². The minimum atomic E-state index is 0.154. The van der Waals surface area contributed by atoms with Gasteiger partial charge in [0, 0.05) is 11.1 Å². The van der Waals surface area contributed by atoms with E-state index in [1.807, 2.05) is 36.4 Å². The highest BCUT2D eigenvalue weighted by Crippen LogP contribution is 2.37. The van der Waals surface area contributed by atoms with Gasteiger partial charge in [0.25, 0.3) is 0 Å². The number of aromatic hydroxyl groups is 1. The summed E-state index contributed by atoms with van der Waals surface area (Å²) in [6.07, 6.45) is 3.26. The Kier molecular flexibility index (Phi) is 3.96. The number of ether oxygens (including phenoxy) is 1. The van der Waals surface area contributed by atoms with Crippen LogP contribution >= 0.6 is 0 Å². The number of hydrogen-bond donors (Lipinski definition) is 2. The molecule has 0 radical (unpaired) electrons. The number of aromatic amines is 1. The number of phenolic OH excluding ortho intramolecular Hbond substituents is 1. The van der Waals surface area contributed by atoms with Gasteiger partial charge in [-0.25, -0.2) is 0 Å². The van der Waals surface area contributed by atoms with Gasteiger partial charge in [-0.05, 0) is 35.9 Å². The molecule has 25 heavy (non-hydrogen) atoms. The quantitative estimate of drug-likeness (QED) is 0.559. The molecule has 2 N–H and O–H groups in total. The van der Waals surface area contributed by atoms with Gasteiger partial charge in [0.1, 0.15) is 23.8 Å². The summed E-state index contributed by atoms with van der Waals surface area (Å²) < 4.78 is 11.3. The van der Waals surface area contributed by atoms with Crippen molar-refractivity contribution in [2.45, 2.75) is 6.61 Å². The van der Waals surface area contributed by atoms with Crippen LogP contribution in [-0.2, 0) is 6.61 Å². The van der Waals surface area contributed by atoms with Crippen molar-refractivity contribution in [1.29, 1.82) is 0 Å². The second-order valence-corrected chi connectivity index (χ2v) is 5.59. The molecule has 2 aromatic heterocycles. The van der Waals surface area contributed by atoms with E-state index in [9.17, 15) is 5.11 Å². The Hall–Kier alpha value is -3.47. The molecule has 4 rings (SSSR count). The highest BCUT2D eigenvalue weighted by Gasteiger charge is 2.16. The standard InChI is InChI=1S/C20H16N2O3/c23-18-9-8-15(25-13-14-5-2-1-3-6-14)11-16(18)17-12-21-22-20(17)19-7-4-10-24-19/h1-12,23H,13H2,(H,21,22). The van der Waals surface area contributed by atoms with Gasteiger partial charge >= 0.3 is 0 Å². The zero-order valence-corrected chi connectivity index (χ0v) is 13.3. The molecule has 0 aliphatic heterocycles. The van der Waals surface area contributed by atoms with E-state index in [-0.39, 0.29) is 5.75 Å². The number of rotatable bonds is 5. The zero-order valence-electron chi connectivity index (χ0n) is 13.3. The van der Waals surface area contributed by atoms with E-state index < -0.39 is 0 Å². The van der Waals surface area contributed by atoms with Gasteiger partial charge in [0.2, 0.25) is 0 Å². The van der Waals surface area contributed by atoms with E-state index >= 15 is 0 Å². The molecule has 0 aliphatic carbocycles. The molecule has 4 aromatic rings. The summed E-state index contributed by atoms with van der Waals surface area (Å²) in [5.41, 5.74) is 3.17. The fraction of sp³-hybridized carbons (Fsp3) is 0.0500. The van der Waals surface area contributed by atoms with Gasteiger partial charge in [-0.2, -0.15) is 5.10 Å². The van der Waals surface area contributed by atoms with Crippen LogP contribution in [0.25, 0.3) is 22.6 Å². The van der Waals surface area contributed by atoms with Crippen molar-refractivity contribution in [3.8, 4) is 34.1 Å². The second-order valence-electron chi connectivity index (χ2n) is 5.59. The molecule has 0 unspecified atom stereocenters. The summed E-state index contributed by atoms with van der Waals surface area (Å²) in [6.45, 7) is 0.460. The van der Waals surface area contributed by atoms with Crippen LogP contribution in [0.5, 0.6) is 11.5 Å². The maximum Gasteiger partial charge on any atom is 0.152 e. The van der Waals surface area contributed by atoms with E-state index in [1.54, 1.807) is 36.7 Å². The van der Waals surface area contributed by atoms with Crippen LogP contribution in [0.3, 0.4) is 0 Å². The molecule has 0 fully saturated rings. The Morgan fingerprint density at radius 2 is 1.88 bits per heavy atom. The van der Waals surface area contributed by atoms with Crippen LogP contribution in [0.1, 0.15) is 5.56 Å². The molecule has 5 heteroatoms. The van der Waals surface area contributed by atoms with Crippen LogP contribution in [-0.4, -0.2) is 15.3 Å². The van der Waals surface area contributed by atoms with E-state index in [1.165, 1.54) is 0 Å². The van der Waals surface area contributed by atoms with Gasteiger partial charge in [0.05, 0.1) is 12.5 Å². The third kappa shape index (κ3) is 3.12. The second kappa shape index (κ2) is 6.57. The summed E-state index contributed by atoms with van der Waals surface area (Å²) in [5, 5.41) is 17.3. The Labute approximate surface area is 144 Å². The summed E-state index contributed by atoms with van der Waals surface area (Å²) in [4.78, 5) is 0. The maximum absolute atomic E-state index is 10.3. The van der Waals surface area contributed by atoms with Gasteiger partial charge in [0.15, 0.2) is 5.76 Å². The molecular formula is C20H16N2O3. The fourth-order valence-electron chi connectivity index (χ4n) is 2.66. The molecule has 0 spiro atoms. The average molecular weight is 332 g/mol. The minimum absolute atomic E-state index is 0.154. The molecule has 5 nitrogen and oxygen atoms in total. The molecule has 2 aromatic carbocycles. The normalized spacial score (nSPS) is 10.7. The lowest BCUT2D eigenvalue weighted by molar-refractivity contribution is 0.306. The zero-order chi connectivity index (χ0) is 17.1. The van der Waals surface area contributed by atoms with Crippen molar-refractivity contribution >= 4 is 0 Å². The number of furan rings is 1. The van der Waals surface area contributed by atoms with Crippen LogP contribution in [0.2, 0.25) is 0 Å². The summed E-state index contributed by atoms with van der Waals surface area (Å²) in [6, 6.07) is 18.7. The van der Waals surface area contributed by atoms with E-state index in [4.69, 9.17) is 9.15 Å². The maximum atomic E-state index is 10.3. The van der Waals surface area contributed by atoms with Gasteiger partial charge < -0.3 is 14.3 Å². The summed E-state index contributed by atoms with van der Waals surface area (Å²) in [5.74, 6) is 1.48. The van der Waals surface area contributed by atoms with Crippen molar-refractivity contribution in [2.75, 3.05) is 0 Å². The first-order valence-corrected chi connectivity index (χ1v) is 7.88. The molecule has 2 heterocycles. The Balaban J connectivity index is 1.64.